The first-order valence-corrected chi connectivity index (χ1v) is 14.4. The molecule has 2 aromatic carbocycles. The van der Waals surface area contributed by atoms with Gasteiger partial charge in [0.2, 0.25) is 17.7 Å². The summed E-state index contributed by atoms with van der Waals surface area (Å²) in [5.74, 6) is -2.22. The minimum atomic E-state index is -0.695. The number of benzene rings is 2. The van der Waals surface area contributed by atoms with Crippen LogP contribution >= 0.6 is 11.8 Å². The zero-order valence-electron chi connectivity index (χ0n) is 24.6. The predicted molar refractivity (Wildman–Crippen MR) is 166 cm³/mol. The average Bonchev–Trinajstić information content (AvgIpc) is 3.29. The van der Waals surface area contributed by atoms with Crippen LogP contribution in [0.3, 0.4) is 0 Å². The summed E-state index contributed by atoms with van der Waals surface area (Å²) >= 11 is 1.10. The van der Waals surface area contributed by atoms with Crippen LogP contribution in [0.2, 0.25) is 0 Å². The predicted octanol–water partition coefficient (Wildman–Crippen LogP) is 1.96. The zero-order chi connectivity index (χ0) is 32.2. The summed E-state index contributed by atoms with van der Waals surface area (Å²) in [6.07, 6.45) is 1.60. The third-order valence-electron chi connectivity index (χ3n) is 6.10. The van der Waals surface area contributed by atoms with Crippen molar-refractivity contribution in [1.29, 1.82) is 0 Å². The van der Waals surface area contributed by atoms with Gasteiger partial charge in [0.15, 0.2) is 11.5 Å². The normalized spacial score (nSPS) is 14.5. The Morgan fingerprint density at radius 1 is 1.02 bits per heavy atom. The Bertz CT molecular complexity index is 1480. The van der Waals surface area contributed by atoms with Crippen LogP contribution in [0.25, 0.3) is 6.08 Å². The number of thioether (sulfide) groups is 1. The molecule has 0 aromatic heterocycles. The molecule has 3 amide bonds. The minimum absolute atomic E-state index is 0.0344. The van der Waals surface area contributed by atoms with Crippen LogP contribution < -0.4 is 15.8 Å². The van der Waals surface area contributed by atoms with Crippen molar-refractivity contribution in [1.82, 2.24) is 15.1 Å². The maximum Gasteiger partial charge on any atom is 0.344 e. The van der Waals surface area contributed by atoms with Crippen molar-refractivity contribution in [2.75, 3.05) is 53.5 Å². The van der Waals surface area contributed by atoms with Crippen molar-refractivity contribution in [3.63, 3.8) is 0 Å². The van der Waals surface area contributed by atoms with Gasteiger partial charge in [0, 0.05) is 14.1 Å². The minimum Gasteiger partial charge on any atom is -0.506 e. The monoisotopic (exact) mass is 625 g/mol. The van der Waals surface area contributed by atoms with Gasteiger partial charge in [0.25, 0.3) is 0 Å². The fourth-order valence-electron chi connectivity index (χ4n) is 3.79. The van der Waals surface area contributed by atoms with Crippen LogP contribution in [-0.4, -0.2) is 102 Å². The van der Waals surface area contributed by atoms with Crippen molar-refractivity contribution >= 4 is 52.3 Å². The largest absolute Gasteiger partial charge is 0.506 e. The number of hydrogen-bond acceptors (Lipinski definition) is 11. The molecular formula is C30H35N5O8S. The molecule has 0 atom stereocenters. The lowest BCUT2D eigenvalue weighted by Crippen LogP contribution is -2.45. The molecule has 14 heteroatoms. The Morgan fingerprint density at radius 2 is 1.73 bits per heavy atom. The molecule has 13 nitrogen and oxygen atoms in total. The first kappa shape index (κ1) is 33.7. The van der Waals surface area contributed by atoms with E-state index in [4.69, 9.17) is 15.2 Å². The molecule has 234 valence electrons. The number of esters is 1. The van der Waals surface area contributed by atoms with Gasteiger partial charge in [-0.2, -0.15) is 0 Å². The Labute approximate surface area is 259 Å². The fourth-order valence-corrected chi connectivity index (χ4v) is 4.82. The first-order chi connectivity index (χ1) is 21.0. The highest BCUT2D eigenvalue weighted by atomic mass is 32.2. The molecule has 5 N–H and O–H groups in total. The van der Waals surface area contributed by atoms with E-state index in [-0.39, 0.29) is 73.2 Å². The maximum absolute atomic E-state index is 12.6. The van der Waals surface area contributed by atoms with Crippen LogP contribution in [0.5, 0.6) is 11.5 Å². The Morgan fingerprint density at radius 3 is 2.39 bits per heavy atom. The number of hydrogen-bond donors (Lipinski definition) is 4. The number of likely N-dealkylation sites (N-methyl/N-ethyl adjacent to an activating group) is 2. The average molecular weight is 626 g/mol. The van der Waals surface area contributed by atoms with E-state index in [9.17, 15) is 29.4 Å². The molecule has 0 bridgehead atoms. The second-order valence-corrected chi connectivity index (χ2v) is 10.5. The number of nitrogens with zero attached hydrogens (tertiary/aromatic N) is 3. The Balaban J connectivity index is 1.58. The standard InChI is InChI=1S/C30H35N5O8S/c1-4-42-30(41)27-28(40)23(44-29(27)33-20-8-6-5-7-9-20)15-19-10-11-22(21(36)14-19)43-13-12-32-24(37)17-34(2)26(39)18-35(3)25(38)16-31/h5-11,14-15,36,40H,4,12-13,16-18,31H2,1-3H3,(H,32,37)/b23-15-,33-29?. The van der Waals surface area contributed by atoms with Gasteiger partial charge in [-0.15, -0.1) is 0 Å². The van der Waals surface area contributed by atoms with Crippen molar-refractivity contribution in [3.05, 3.63) is 70.3 Å². The number of aliphatic hydroxyl groups excluding tert-OH is 1. The number of amides is 3. The van der Waals surface area contributed by atoms with Gasteiger partial charge >= 0.3 is 5.97 Å². The number of aliphatic imine (C=N–C) groups is 1. The molecule has 0 saturated heterocycles. The molecule has 0 unspecified atom stereocenters. The van der Waals surface area contributed by atoms with Crippen molar-refractivity contribution in [3.8, 4) is 11.5 Å². The van der Waals surface area contributed by atoms with E-state index in [0.29, 0.717) is 16.2 Å². The van der Waals surface area contributed by atoms with Gasteiger partial charge < -0.3 is 40.5 Å². The second kappa shape index (κ2) is 16.1. The number of carbonyl (C=O) groups is 4. The fraction of sp³-hybridized carbons (Fsp3) is 0.300. The highest BCUT2D eigenvalue weighted by molar-refractivity contribution is 8.18. The van der Waals surface area contributed by atoms with Crippen molar-refractivity contribution in [2.24, 2.45) is 10.7 Å². The lowest BCUT2D eigenvalue weighted by Gasteiger charge is -2.21. The summed E-state index contributed by atoms with van der Waals surface area (Å²) in [6, 6.07) is 13.6. The third-order valence-corrected chi connectivity index (χ3v) is 7.12. The Hall–Kier alpha value is -4.82. The Kier molecular flexibility index (Phi) is 12.4. The summed E-state index contributed by atoms with van der Waals surface area (Å²) in [6.45, 7) is 1.31. The van der Waals surface area contributed by atoms with Crippen LogP contribution in [0.4, 0.5) is 5.69 Å². The van der Waals surface area contributed by atoms with E-state index in [2.05, 4.69) is 10.3 Å². The van der Waals surface area contributed by atoms with E-state index in [1.165, 1.54) is 36.0 Å². The number of phenolic OH excluding ortho intramolecular Hbond substituents is 1. The van der Waals surface area contributed by atoms with Crippen molar-refractivity contribution in [2.45, 2.75) is 6.92 Å². The lowest BCUT2D eigenvalue weighted by molar-refractivity contribution is -0.139. The number of aromatic hydroxyl groups is 1. The number of para-hydroxylation sites is 1. The molecule has 0 aliphatic carbocycles. The smallest absolute Gasteiger partial charge is 0.344 e. The van der Waals surface area contributed by atoms with Gasteiger partial charge in [-0.05, 0) is 42.8 Å². The van der Waals surface area contributed by atoms with E-state index >= 15 is 0 Å². The van der Waals surface area contributed by atoms with Crippen LogP contribution in [0.15, 0.2) is 69.8 Å². The van der Waals surface area contributed by atoms with Crippen LogP contribution in [0, 0.1) is 0 Å². The summed E-state index contributed by atoms with van der Waals surface area (Å²) in [7, 11) is 2.90. The zero-order valence-corrected chi connectivity index (χ0v) is 25.4. The summed E-state index contributed by atoms with van der Waals surface area (Å²) < 4.78 is 10.7. The highest BCUT2D eigenvalue weighted by Gasteiger charge is 2.33. The number of aliphatic hydroxyl groups is 1. The highest BCUT2D eigenvalue weighted by Crippen LogP contribution is 2.40. The third kappa shape index (κ3) is 9.34. The van der Waals surface area contributed by atoms with Crippen molar-refractivity contribution < 1.29 is 38.9 Å². The van der Waals surface area contributed by atoms with Crippen LogP contribution in [-0.2, 0) is 23.9 Å². The molecule has 44 heavy (non-hydrogen) atoms. The summed E-state index contributed by atoms with van der Waals surface area (Å²) in [5.41, 5.74) is 6.36. The van der Waals surface area contributed by atoms with Gasteiger partial charge in [-0.1, -0.05) is 36.0 Å². The quantitative estimate of drug-likeness (QED) is 0.190. The van der Waals surface area contributed by atoms with Gasteiger partial charge in [-0.3, -0.25) is 14.4 Å². The molecule has 0 saturated carbocycles. The molecule has 1 aliphatic rings. The SMILES string of the molecule is CCOC(=O)C1=C(O)/C(=C/c2ccc(OCCNC(=O)CN(C)C(=O)CN(C)C(=O)CN)c(O)c2)SC1=Nc1ccccc1. The molecule has 2 aromatic rings. The molecule has 0 radical (unpaired) electrons. The van der Waals surface area contributed by atoms with E-state index < -0.39 is 17.8 Å². The topological polar surface area (TPSA) is 184 Å². The molecular weight excluding hydrogens is 590 g/mol. The van der Waals surface area contributed by atoms with Crippen LogP contribution in [0.1, 0.15) is 12.5 Å². The summed E-state index contributed by atoms with van der Waals surface area (Å²) in [4.78, 5) is 55.7. The maximum atomic E-state index is 12.6. The first-order valence-electron chi connectivity index (χ1n) is 13.6. The number of nitrogens with two attached hydrogens (primary N) is 1. The van der Waals surface area contributed by atoms with E-state index in [0.717, 1.165) is 11.8 Å². The van der Waals surface area contributed by atoms with Gasteiger partial charge in [-0.25, -0.2) is 9.79 Å². The summed E-state index contributed by atoms with van der Waals surface area (Å²) in [5, 5.41) is 24.3. The molecule has 0 spiro atoms. The lowest BCUT2D eigenvalue weighted by atomic mass is 10.1. The number of rotatable bonds is 13. The molecule has 1 aliphatic heterocycles. The number of nitrogens with one attached hydrogen (secondary N) is 1. The number of carbonyl (C=O) groups excluding carboxylic acids is 4. The molecule has 0 fully saturated rings. The van der Waals surface area contributed by atoms with Gasteiger partial charge in [0.05, 0.1) is 43.4 Å². The number of ether oxygens (including phenoxy) is 2. The molecule has 1 heterocycles. The second-order valence-electron chi connectivity index (χ2n) is 9.44. The molecule has 3 rings (SSSR count). The van der Waals surface area contributed by atoms with E-state index in [1.54, 1.807) is 31.2 Å². The van der Waals surface area contributed by atoms with Gasteiger partial charge in [0.1, 0.15) is 23.0 Å². The number of phenols is 1. The van der Waals surface area contributed by atoms with E-state index in [1.807, 2.05) is 18.2 Å².